The summed E-state index contributed by atoms with van der Waals surface area (Å²) in [5.74, 6) is 0.745. The molecule has 4 rings (SSSR count). The number of aromatic nitrogens is 2. The fraction of sp³-hybridized carbons (Fsp3) is 0.385. The minimum Gasteiger partial charge on any atom is -0.466 e. The molecule has 0 fully saturated rings. The van der Waals surface area contributed by atoms with E-state index in [-0.39, 0.29) is 24.9 Å². The second-order valence-corrected chi connectivity index (χ2v) is 8.27. The Hall–Kier alpha value is -3.68. The van der Waals surface area contributed by atoms with E-state index in [2.05, 4.69) is 15.6 Å². The smallest absolute Gasteiger partial charge is 0.308 e. The van der Waals surface area contributed by atoms with Gasteiger partial charge in [-0.15, -0.1) is 0 Å². The number of pyridine rings is 2. The maximum atomic E-state index is 13.6. The SMILES string of the molecule is CCCCC(=O)N(c1ccc2c(n1)NCCN2)C(CC(=O)OCC)c1cnc2ccccc2c1. The standard InChI is InChI=1S/C26H31N5O3/c1-3-5-10-24(32)31(23-12-11-21-26(30-23)28-14-13-27-21)22(16-25(33)34-4-2)19-15-18-8-6-7-9-20(18)29-17-19/h6-9,11-12,15,17,22,27H,3-5,10,13-14,16H2,1-2H3,(H,28,30). The zero-order chi connectivity index (χ0) is 23.9. The number of carbonyl (C=O) groups excluding carboxylic acids is 2. The molecular weight excluding hydrogens is 430 g/mol. The highest BCUT2D eigenvalue weighted by molar-refractivity contribution is 5.95. The number of carbonyl (C=O) groups is 2. The molecule has 3 aromatic rings. The minimum atomic E-state index is -0.595. The summed E-state index contributed by atoms with van der Waals surface area (Å²) in [6.07, 6.45) is 3.76. The van der Waals surface area contributed by atoms with Crippen LogP contribution in [0.4, 0.5) is 17.3 Å². The van der Waals surface area contributed by atoms with Gasteiger partial charge in [-0.1, -0.05) is 31.5 Å². The molecule has 1 atom stereocenters. The lowest BCUT2D eigenvalue weighted by molar-refractivity contribution is -0.143. The Kier molecular flexibility index (Phi) is 7.57. The predicted molar refractivity (Wildman–Crippen MR) is 134 cm³/mol. The zero-order valence-corrected chi connectivity index (χ0v) is 19.7. The average Bonchev–Trinajstić information content (AvgIpc) is 2.87. The third-order valence-corrected chi connectivity index (χ3v) is 5.85. The van der Waals surface area contributed by atoms with Crippen molar-refractivity contribution >= 4 is 40.1 Å². The largest absolute Gasteiger partial charge is 0.466 e. The van der Waals surface area contributed by atoms with E-state index in [9.17, 15) is 9.59 Å². The Morgan fingerprint density at radius 1 is 1.12 bits per heavy atom. The molecule has 34 heavy (non-hydrogen) atoms. The molecule has 8 nitrogen and oxygen atoms in total. The fourth-order valence-corrected chi connectivity index (χ4v) is 4.15. The first kappa shape index (κ1) is 23.5. The van der Waals surface area contributed by atoms with E-state index in [1.807, 2.05) is 49.4 Å². The molecule has 0 spiro atoms. The lowest BCUT2D eigenvalue weighted by atomic mass is 10.0. The van der Waals surface area contributed by atoms with E-state index < -0.39 is 6.04 Å². The number of ether oxygens (including phenoxy) is 1. The fourth-order valence-electron chi connectivity index (χ4n) is 4.15. The molecule has 8 heteroatoms. The van der Waals surface area contributed by atoms with Crippen molar-refractivity contribution in [1.29, 1.82) is 0 Å². The van der Waals surface area contributed by atoms with Crippen LogP contribution < -0.4 is 15.5 Å². The summed E-state index contributed by atoms with van der Waals surface area (Å²) in [4.78, 5) is 37.2. The quantitative estimate of drug-likeness (QED) is 0.447. The molecule has 2 aromatic heterocycles. The van der Waals surface area contributed by atoms with E-state index in [4.69, 9.17) is 9.72 Å². The number of para-hydroxylation sites is 1. The van der Waals surface area contributed by atoms with Crippen molar-refractivity contribution in [3.8, 4) is 0 Å². The van der Waals surface area contributed by atoms with Gasteiger partial charge in [0.25, 0.3) is 0 Å². The zero-order valence-electron chi connectivity index (χ0n) is 19.7. The van der Waals surface area contributed by atoms with Crippen LogP contribution in [-0.2, 0) is 14.3 Å². The monoisotopic (exact) mass is 461 g/mol. The van der Waals surface area contributed by atoms with E-state index in [0.29, 0.717) is 18.1 Å². The number of fused-ring (bicyclic) bond motifs is 2. The number of nitrogens with one attached hydrogen (secondary N) is 2. The average molecular weight is 462 g/mol. The number of nitrogens with zero attached hydrogens (tertiary/aromatic N) is 3. The predicted octanol–water partition coefficient (Wildman–Crippen LogP) is 4.68. The van der Waals surface area contributed by atoms with Crippen LogP contribution in [0.15, 0.2) is 48.7 Å². The van der Waals surface area contributed by atoms with Crippen LogP contribution in [-0.4, -0.2) is 41.5 Å². The molecule has 3 heterocycles. The maximum Gasteiger partial charge on any atom is 0.308 e. The van der Waals surface area contributed by atoms with Crippen LogP contribution in [0, 0.1) is 0 Å². The summed E-state index contributed by atoms with van der Waals surface area (Å²) in [6, 6.07) is 12.9. The first-order valence-electron chi connectivity index (χ1n) is 11.9. The number of rotatable bonds is 9. The van der Waals surface area contributed by atoms with Crippen molar-refractivity contribution in [2.75, 3.05) is 35.2 Å². The molecule has 178 valence electrons. The Bertz CT molecular complexity index is 1170. The number of benzene rings is 1. The summed E-state index contributed by atoms with van der Waals surface area (Å²) >= 11 is 0. The summed E-state index contributed by atoms with van der Waals surface area (Å²) in [5, 5.41) is 7.54. The first-order valence-corrected chi connectivity index (χ1v) is 11.9. The number of hydrogen-bond donors (Lipinski definition) is 2. The summed E-state index contributed by atoms with van der Waals surface area (Å²) in [6.45, 7) is 5.65. The Balaban J connectivity index is 1.80. The molecule has 0 saturated carbocycles. The normalized spacial score (nSPS) is 13.4. The highest BCUT2D eigenvalue weighted by Gasteiger charge is 2.31. The van der Waals surface area contributed by atoms with E-state index in [1.165, 1.54) is 0 Å². The highest BCUT2D eigenvalue weighted by Crippen LogP contribution is 2.34. The van der Waals surface area contributed by atoms with Crippen LogP contribution in [0.3, 0.4) is 0 Å². The van der Waals surface area contributed by atoms with E-state index in [0.717, 1.165) is 48.1 Å². The third-order valence-electron chi connectivity index (χ3n) is 5.85. The van der Waals surface area contributed by atoms with Gasteiger partial charge in [0.1, 0.15) is 5.82 Å². The third kappa shape index (κ3) is 5.27. The van der Waals surface area contributed by atoms with Crippen LogP contribution in [0.25, 0.3) is 10.9 Å². The summed E-state index contributed by atoms with van der Waals surface area (Å²) in [7, 11) is 0. The van der Waals surface area contributed by atoms with Gasteiger partial charge in [0, 0.05) is 31.1 Å². The number of unbranched alkanes of at least 4 members (excludes halogenated alkanes) is 1. The van der Waals surface area contributed by atoms with Crippen LogP contribution in [0.1, 0.15) is 51.1 Å². The van der Waals surface area contributed by atoms with Crippen LogP contribution in [0.5, 0.6) is 0 Å². The minimum absolute atomic E-state index is 0.0101. The molecule has 1 aliphatic heterocycles. The molecule has 1 aliphatic rings. The van der Waals surface area contributed by atoms with E-state index >= 15 is 0 Å². The van der Waals surface area contributed by atoms with Gasteiger partial charge < -0.3 is 15.4 Å². The van der Waals surface area contributed by atoms with Crippen molar-refractivity contribution in [3.63, 3.8) is 0 Å². The summed E-state index contributed by atoms with van der Waals surface area (Å²) < 4.78 is 5.28. The van der Waals surface area contributed by atoms with Gasteiger partial charge in [0.2, 0.25) is 5.91 Å². The molecular formula is C26H31N5O3. The molecule has 1 amide bonds. The first-order chi connectivity index (χ1) is 16.6. The number of amides is 1. The highest BCUT2D eigenvalue weighted by atomic mass is 16.5. The number of hydrogen-bond acceptors (Lipinski definition) is 7. The molecule has 2 N–H and O–H groups in total. The summed E-state index contributed by atoms with van der Waals surface area (Å²) in [5.41, 5.74) is 2.51. The van der Waals surface area contributed by atoms with Crippen LogP contribution in [0.2, 0.25) is 0 Å². The topological polar surface area (TPSA) is 96.5 Å². The second-order valence-electron chi connectivity index (χ2n) is 8.27. The van der Waals surface area contributed by atoms with Crippen molar-refractivity contribution in [1.82, 2.24) is 9.97 Å². The van der Waals surface area contributed by atoms with Crippen molar-refractivity contribution in [2.45, 2.75) is 45.6 Å². The van der Waals surface area contributed by atoms with Gasteiger partial charge in [0.05, 0.1) is 30.3 Å². The Morgan fingerprint density at radius 2 is 1.94 bits per heavy atom. The van der Waals surface area contributed by atoms with Crippen LogP contribution >= 0.6 is 0 Å². The van der Waals surface area contributed by atoms with Gasteiger partial charge >= 0.3 is 5.97 Å². The number of anilines is 3. The van der Waals surface area contributed by atoms with Crippen molar-refractivity contribution in [2.24, 2.45) is 0 Å². The molecule has 0 radical (unpaired) electrons. The van der Waals surface area contributed by atoms with Gasteiger partial charge in [-0.2, -0.15) is 0 Å². The molecule has 0 saturated heterocycles. The maximum absolute atomic E-state index is 13.6. The Morgan fingerprint density at radius 3 is 2.76 bits per heavy atom. The van der Waals surface area contributed by atoms with E-state index in [1.54, 1.807) is 18.0 Å². The van der Waals surface area contributed by atoms with Gasteiger partial charge in [0.15, 0.2) is 5.82 Å². The molecule has 1 aromatic carbocycles. The Labute approximate surface area is 199 Å². The second kappa shape index (κ2) is 11.0. The molecule has 1 unspecified atom stereocenters. The van der Waals surface area contributed by atoms with Gasteiger partial charge in [-0.3, -0.25) is 19.5 Å². The van der Waals surface area contributed by atoms with Gasteiger partial charge in [-0.05, 0) is 43.2 Å². The molecule has 0 bridgehead atoms. The van der Waals surface area contributed by atoms with Gasteiger partial charge in [-0.25, -0.2) is 4.98 Å². The lowest BCUT2D eigenvalue weighted by Gasteiger charge is -2.32. The van der Waals surface area contributed by atoms with Crippen molar-refractivity contribution in [3.05, 3.63) is 54.2 Å². The number of esters is 1. The van der Waals surface area contributed by atoms with Crippen molar-refractivity contribution < 1.29 is 14.3 Å². The lowest BCUT2D eigenvalue weighted by Crippen LogP contribution is -2.37. The molecule has 0 aliphatic carbocycles.